The number of hydrogen-bond donors (Lipinski definition) is 2. The van der Waals surface area contributed by atoms with Gasteiger partial charge in [0.25, 0.3) is 0 Å². The predicted octanol–water partition coefficient (Wildman–Crippen LogP) is 3.08. The molecule has 1 aliphatic rings. The number of likely N-dealkylation sites (N-methyl/N-ethyl adjacent to an activating group) is 1. The number of hydrogen-bond acceptors (Lipinski definition) is 4. The van der Waals surface area contributed by atoms with Gasteiger partial charge in [0, 0.05) is 38.4 Å². The SMILES string of the molecule is CCN(CC)C(CNC(=NC)NCCCOC1CCOC1)c1ccccc1Cl. The van der Waals surface area contributed by atoms with Crippen LogP contribution in [0.5, 0.6) is 0 Å². The van der Waals surface area contributed by atoms with Crippen LogP contribution in [0.2, 0.25) is 5.02 Å². The van der Waals surface area contributed by atoms with Gasteiger partial charge in [-0.15, -0.1) is 0 Å². The van der Waals surface area contributed by atoms with Crippen LogP contribution in [0.4, 0.5) is 0 Å². The number of aliphatic imine (C=N–C) groups is 1. The Balaban J connectivity index is 1.81. The van der Waals surface area contributed by atoms with Crippen molar-refractivity contribution in [2.24, 2.45) is 4.99 Å². The van der Waals surface area contributed by atoms with E-state index in [4.69, 9.17) is 21.1 Å². The van der Waals surface area contributed by atoms with E-state index in [1.54, 1.807) is 7.05 Å². The Labute approximate surface area is 174 Å². The van der Waals surface area contributed by atoms with Crippen molar-refractivity contribution in [1.82, 2.24) is 15.5 Å². The topological polar surface area (TPSA) is 58.1 Å². The molecule has 7 heteroatoms. The van der Waals surface area contributed by atoms with E-state index in [0.717, 1.165) is 75.4 Å². The number of rotatable bonds is 11. The van der Waals surface area contributed by atoms with Gasteiger partial charge in [-0.2, -0.15) is 0 Å². The van der Waals surface area contributed by atoms with Crippen molar-refractivity contribution >= 4 is 17.6 Å². The molecule has 1 aromatic rings. The molecule has 6 nitrogen and oxygen atoms in total. The molecule has 0 spiro atoms. The van der Waals surface area contributed by atoms with Gasteiger partial charge in [-0.3, -0.25) is 9.89 Å². The minimum absolute atomic E-state index is 0.188. The van der Waals surface area contributed by atoms with Crippen LogP contribution < -0.4 is 10.6 Å². The predicted molar refractivity (Wildman–Crippen MR) is 116 cm³/mol. The second-order valence-electron chi connectivity index (χ2n) is 6.85. The summed E-state index contributed by atoms with van der Waals surface area (Å²) in [6, 6.07) is 8.26. The molecule has 2 rings (SSSR count). The van der Waals surface area contributed by atoms with Crippen LogP contribution in [0, 0.1) is 0 Å². The smallest absolute Gasteiger partial charge is 0.191 e. The molecule has 2 unspecified atom stereocenters. The lowest BCUT2D eigenvalue weighted by atomic mass is 10.0. The Hall–Kier alpha value is -1.34. The first-order valence-electron chi connectivity index (χ1n) is 10.3. The number of nitrogens with zero attached hydrogens (tertiary/aromatic N) is 2. The maximum absolute atomic E-state index is 6.48. The minimum Gasteiger partial charge on any atom is -0.379 e. The van der Waals surface area contributed by atoms with Crippen LogP contribution in [0.15, 0.2) is 29.3 Å². The fourth-order valence-electron chi connectivity index (χ4n) is 3.43. The highest BCUT2D eigenvalue weighted by atomic mass is 35.5. The molecule has 0 amide bonds. The maximum atomic E-state index is 6.48. The van der Waals surface area contributed by atoms with Crippen LogP contribution in [-0.4, -0.2) is 70.0 Å². The van der Waals surface area contributed by atoms with E-state index in [9.17, 15) is 0 Å². The molecule has 2 atom stereocenters. The maximum Gasteiger partial charge on any atom is 0.191 e. The molecule has 0 radical (unpaired) electrons. The van der Waals surface area contributed by atoms with Gasteiger partial charge in [0.1, 0.15) is 0 Å². The zero-order valence-electron chi connectivity index (χ0n) is 17.4. The summed E-state index contributed by atoms with van der Waals surface area (Å²) >= 11 is 6.48. The van der Waals surface area contributed by atoms with E-state index in [2.05, 4.69) is 40.4 Å². The molecule has 28 heavy (non-hydrogen) atoms. The Kier molecular flexibility index (Phi) is 10.6. The summed E-state index contributed by atoms with van der Waals surface area (Å²) in [4.78, 5) is 6.75. The second kappa shape index (κ2) is 13.0. The third-order valence-corrected chi connectivity index (χ3v) is 5.40. The van der Waals surface area contributed by atoms with Crippen molar-refractivity contribution in [2.75, 3.05) is 53.0 Å². The van der Waals surface area contributed by atoms with Crippen molar-refractivity contribution in [3.05, 3.63) is 34.9 Å². The number of ether oxygens (including phenoxy) is 2. The first-order valence-corrected chi connectivity index (χ1v) is 10.7. The van der Waals surface area contributed by atoms with E-state index >= 15 is 0 Å². The fourth-order valence-corrected chi connectivity index (χ4v) is 3.69. The highest BCUT2D eigenvalue weighted by Gasteiger charge is 2.20. The molecule has 158 valence electrons. The monoisotopic (exact) mass is 410 g/mol. The van der Waals surface area contributed by atoms with Crippen molar-refractivity contribution < 1.29 is 9.47 Å². The van der Waals surface area contributed by atoms with Crippen LogP contribution in [-0.2, 0) is 9.47 Å². The summed E-state index contributed by atoms with van der Waals surface area (Å²) in [6.45, 7) is 10.1. The number of halogens is 1. The van der Waals surface area contributed by atoms with E-state index in [-0.39, 0.29) is 12.1 Å². The van der Waals surface area contributed by atoms with Crippen molar-refractivity contribution in [3.8, 4) is 0 Å². The van der Waals surface area contributed by atoms with Crippen LogP contribution >= 0.6 is 11.6 Å². The number of benzene rings is 1. The molecule has 0 bridgehead atoms. The van der Waals surface area contributed by atoms with Crippen LogP contribution in [0.3, 0.4) is 0 Å². The molecule has 1 heterocycles. The number of nitrogens with one attached hydrogen (secondary N) is 2. The molecule has 2 N–H and O–H groups in total. The number of guanidine groups is 1. The Morgan fingerprint density at radius 1 is 1.32 bits per heavy atom. The summed E-state index contributed by atoms with van der Waals surface area (Å²) in [6.07, 6.45) is 2.20. The van der Waals surface area contributed by atoms with E-state index in [1.165, 1.54) is 0 Å². The average Bonchev–Trinajstić information content (AvgIpc) is 3.23. The average molecular weight is 411 g/mol. The zero-order chi connectivity index (χ0) is 20.2. The van der Waals surface area contributed by atoms with Crippen LogP contribution in [0.25, 0.3) is 0 Å². The molecular formula is C21H35ClN4O2. The van der Waals surface area contributed by atoms with E-state index < -0.39 is 0 Å². The summed E-state index contributed by atoms with van der Waals surface area (Å²) in [5, 5.41) is 7.62. The van der Waals surface area contributed by atoms with Gasteiger partial charge in [-0.25, -0.2) is 0 Å². The van der Waals surface area contributed by atoms with Gasteiger partial charge in [-0.1, -0.05) is 43.6 Å². The summed E-state index contributed by atoms with van der Waals surface area (Å²) in [5.41, 5.74) is 1.14. The Bertz CT molecular complexity index is 590. The molecule has 0 aromatic heterocycles. The highest BCUT2D eigenvalue weighted by Crippen LogP contribution is 2.26. The van der Waals surface area contributed by atoms with Gasteiger partial charge >= 0.3 is 0 Å². The highest BCUT2D eigenvalue weighted by molar-refractivity contribution is 6.31. The van der Waals surface area contributed by atoms with E-state index in [0.29, 0.717) is 0 Å². The normalized spacial score (nSPS) is 18.5. The quantitative estimate of drug-likeness (QED) is 0.333. The largest absolute Gasteiger partial charge is 0.379 e. The van der Waals surface area contributed by atoms with Crippen molar-refractivity contribution in [2.45, 2.75) is 38.8 Å². The molecule has 1 aromatic carbocycles. The molecule has 1 saturated heterocycles. The van der Waals surface area contributed by atoms with Crippen molar-refractivity contribution in [1.29, 1.82) is 0 Å². The molecule has 1 aliphatic heterocycles. The molecule has 1 fully saturated rings. The lowest BCUT2D eigenvalue weighted by Gasteiger charge is -2.31. The summed E-state index contributed by atoms with van der Waals surface area (Å²) in [5.74, 6) is 0.799. The van der Waals surface area contributed by atoms with Gasteiger partial charge in [0.15, 0.2) is 5.96 Å². The van der Waals surface area contributed by atoms with Crippen molar-refractivity contribution in [3.63, 3.8) is 0 Å². The second-order valence-corrected chi connectivity index (χ2v) is 7.26. The first-order chi connectivity index (χ1) is 13.7. The van der Waals surface area contributed by atoms with E-state index in [1.807, 2.05) is 18.2 Å². The zero-order valence-corrected chi connectivity index (χ0v) is 18.2. The molecule has 0 aliphatic carbocycles. The lowest BCUT2D eigenvalue weighted by Crippen LogP contribution is -2.43. The summed E-state index contributed by atoms with van der Waals surface area (Å²) < 4.78 is 11.1. The standard InChI is InChI=1S/C21H35ClN4O2/c1-4-26(5-2)20(18-9-6-7-10-19(18)22)15-25-21(23-3)24-12-8-13-28-17-11-14-27-16-17/h6-7,9-10,17,20H,4-5,8,11-16H2,1-3H3,(H2,23,24,25). The van der Waals surface area contributed by atoms with Gasteiger partial charge in [0.05, 0.1) is 18.8 Å². The van der Waals surface area contributed by atoms with Gasteiger partial charge in [-0.05, 0) is 37.6 Å². The van der Waals surface area contributed by atoms with Gasteiger partial charge < -0.3 is 20.1 Å². The minimum atomic E-state index is 0.188. The third-order valence-electron chi connectivity index (χ3n) is 5.06. The fraction of sp³-hybridized carbons (Fsp3) is 0.667. The first kappa shape index (κ1) is 22.9. The van der Waals surface area contributed by atoms with Gasteiger partial charge in [0.2, 0.25) is 0 Å². The third kappa shape index (κ3) is 7.24. The van der Waals surface area contributed by atoms with Crippen LogP contribution in [0.1, 0.15) is 38.3 Å². The molecule has 0 saturated carbocycles. The lowest BCUT2D eigenvalue weighted by molar-refractivity contribution is 0.0420. The summed E-state index contributed by atoms with van der Waals surface area (Å²) in [7, 11) is 1.80. The Morgan fingerprint density at radius 2 is 2.11 bits per heavy atom. The Morgan fingerprint density at radius 3 is 2.75 bits per heavy atom. The molecular weight excluding hydrogens is 376 g/mol.